The number of carbonyl (C=O) groups is 1. The molecular weight excluding hydrogens is 316 g/mol. The predicted molar refractivity (Wildman–Crippen MR) is 95.6 cm³/mol. The lowest BCUT2D eigenvalue weighted by Crippen LogP contribution is -2.40. The van der Waals surface area contributed by atoms with Crippen molar-refractivity contribution in [3.05, 3.63) is 54.4 Å². The highest BCUT2D eigenvalue weighted by molar-refractivity contribution is 5.96. The van der Waals surface area contributed by atoms with Gasteiger partial charge in [0.2, 0.25) is 0 Å². The van der Waals surface area contributed by atoms with Crippen molar-refractivity contribution < 1.29 is 14.6 Å². The lowest BCUT2D eigenvalue weighted by atomic mass is 9.86. The fourth-order valence-corrected chi connectivity index (χ4v) is 3.24. The Hall–Kier alpha value is -2.40. The number of aliphatic hydroxyl groups is 1. The SMILES string of the molecule is CC(CO)C1CCN(C(=O)c2cnccc2Oc2ccccc2)CC1. The summed E-state index contributed by atoms with van der Waals surface area (Å²) in [4.78, 5) is 18.9. The molecule has 1 aromatic heterocycles. The van der Waals surface area contributed by atoms with Crippen LogP contribution in [-0.2, 0) is 0 Å². The van der Waals surface area contributed by atoms with Crippen LogP contribution in [-0.4, -0.2) is 40.6 Å². The Morgan fingerprint density at radius 1 is 1.28 bits per heavy atom. The normalized spacial score (nSPS) is 16.5. The maximum absolute atomic E-state index is 12.9. The third kappa shape index (κ3) is 4.17. The Bertz CT molecular complexity index is 697. The van der Waals surface area contributed by atoms with E-state index in [1.54, 1.807) is 18.5 Å². The Balaban J connectivity index is 1.71. The van der Waals surface area contributed by atoms with Crippen LogP contribution in [0.1, 0.15) is 30.1 Å². The first-order valence-corrected chi connectivity index (χ1v) is 8.76. The average Bonchev–Trinajstić information content (AvgIpc) is 2.68. The van der Waals surface area contributed by atoms with Crippen molar-refractivity contribution in [2.24, 2.45) is 11.8 Å². The summed E-state index contributed by atoms with van der Waals surface area (Å²) < 4.78 is 5.88. The van der Waals surface area contributed by atoms with Crippen molar-refractivity contribution in [3.63, 3.8) is 0 Å². The molecule has 0 radical (unpaired) electrons. The van der Waals surface area contributed by atoms with Gasteiger partial charge in [0.15, 0.2) is 0 Å². The van der Waals surface area contributed by atoms with Crippen LogP contribution in [0.2, 0.25) is 0 Å². The molecule has 1 aliphatic heterocycles. The lowest BCUT2D eigenvalue weighted by Gasteiger charge is -2.34. The van der Waals surface area contributed by atoms with Crippen molar-refractivity contribution in [1.82, 2.24) is 9.88 Å². The van der Waals surface area contributed by atoms with E-state index in [2.05, 4.69) is 11.9 Å². The smallest absolute Gasteiger partial charge is 0.259 e. The first kappa shape index (κ1) is 17.4. The lowest BCUT2D eigenvalue weighted by molar-refractivity contribution is 0.0630. The third-order valence-electron chi connectivity index (χ3n) is 4.90. The van der Waals surface area contributed by atoms with Gasteiger partial charge in [0, 0.05) is 32.1 Å². The third-order valence-corrected chi connectivity index (χ3v) is 4.90. The molecule has 5 heteroatoms. The zero-order valence-electron chi connectivity index (χ0n) is 14.5. The van der Waals surface area contributed by atoms with E-state index in [-0.39, 0.29) is 18.4 Å². The monoisotopic (exact) mass is 340 g/mol. The number of aliphatic hydroxyl groups excluding tert-OH is 1. The number of amides is 1. The van der Waals surface area contributed by atoms with E-state index in [4.69, 9.17) is 4.74 Å². The second kappa shape index (κ2) is 8.12. The summed E-state index contributed by atoms with van der Waals surface area (Å²) in [6.07, 6.45) is 5.04. The van der Waals surface area contributed by atoms with Gasteiger partial charge in [0.25, 0.3) is 5.91 Å². The maximum atomic E-state index is 12.9. The number of hydrogen-bond donors (Lipinski definition) is 1. The highest BCUT2D eigenvalue weighted by Crippen LogP contribution is 2.29. The number of nitrogens with zero attached hydrogens (tertiary/aromatic N) is 2. The zero-order chi connectivity index (χ0) is 17.6. The van der Waals surface area contributed by atoms with Gasteiger partial charge in [-0.1, -0.05) is 25.1 Å². The van der Waals surface area contributed by atoms with E-state index in [0.717, 1.165) is 12.8 Å². The van der Waals surface area contributed by atoms with Crippen molar-refractivity contribution in [1.29, 1.82) is 0 Å². The molecule has 2 heterocycles. The molecule has 0 saturated carbocycles. The zero-order valence-corrected chi connectivity index (χ0v) is 14.5. The number of benzene rings is 1. The van der Waals surface area contributed by atoms with Crippen LogP contribution < -0.4 is 4.74 Å². The van der Waals surface area contributed by atoms with Gasteiger partial charge in [-0.05, 0) is 42.9 Å². The van der Waals surface area contributed by atoms with Gasteiger partial charge in [-0.15, -0.1) is 0 Å². The van der Waals surface area contributed by atoms with Crippen molar-refractivity contribution in [3.8, 4) is 11.5 Å². The number of rotatable bonds is 5. The Kier molecular flexibility index (Phi) is 5.66. The summed E-state index contributed by atoms with van der Waals surface area (Å²) in [5, 5.41) is 9.31. The fraction of sp³-hybridized carbons (Fsp3) is 0.400. The van der Waals surface area contributed by atoms with E-state index < -0.39 is 0 Å². The molecule has 1 saturated heterocycles. The number of ether oxygens (including phenoxy) is 1. The number of piperidine rings is 1. The molecule has 3 rings (SSSR count). The second-order valence-electron chi connectivity index (χ2n) is 6.58. The number of aromatic nitrogens is 1. The first-order chi connectivity index (χ1) is 12.2. The molecule has 1 amide bonds. The minimum Gasteiger partial charge on any atom is -0.456 e. The summed E-state index contributed by atoms with van der Waals surface area (Å²) in [7, 11) is 0. The van der Waals surface area contributed by atoms with Crippen LogP contribution >= 0.6 is 0 Å². The van der Waals surface area contributed by atoms with Crippen LogP contribution in [0.3, 0.4) is 0 Å². The van der Waals surface area contributed by atoms with Gasteiger partial charge < -0.3 is 14.7 Å². The standard InChI is InChI=1S/C20H24N2O3/c1-15(14-23)16-8-11-22(12-9-16)20(24)18-13-21-10-7-19(18)25-17-5-3-2-4-6-17/h2-7,10,13,15-16,23H,8-9,11-12,14H2,1H3. The Morgan fingerprint density at radius 3 is 2.68 bits per heavy atom. The maximum Gasteiger partial charge on any atom is 0.259 e. The molecule has 1 unspecified atom stereocenters. The van der Waals surface area contributed by atoms with Gasteiger partial charge in [0.1, 0.15) is 17.1 Å². The van der Waals surface area contributed by atoms with Gasteiger partial charge in [-0.2, -0.15) is 0 Å². The van der Waals surface area contributed by atoms with Crippen LogP contribution in [0, 0.1) is 11.8 Å². The molecule has 0 bridgehead atoms. The first-order valence-electron chi connectivity index (χ1n) is 8.76. The van der Waals surface area contributed by atoms with Gasteiger partial charge in [0.05, 0.1) is 0 Å². The van der Waals surface area contributed by atoms with E-state index >= 15 is 0 Å². The molecule has 2 aromatic rings. The van der Waals surface area contributed by atoms with Crippen molar-refractivity contribution in [2.75, 3.05) is 19.7 Å². The van der Waals surface area contributed by atoms with Crippen LogP contribution in [0.5, 0.6) is 11.5 Å². The summed E-state index contributed by atoms with van der Waals surface area (Å²) >= 11 is 0. The molecule has 1 aromatic carbocycles. The number of carbonyl (C=O) groups excluding carboxylic acids is 1. The molecule has 0 aliphatic carbocycles. The quantitative estimate of drug-likeness (QED) is 0.906. The molecule has 132 valence electrons. The van der Waals surface area contributed by atoms with E-state index in [0.29, 0.717) is 36.1 Å². The minimum absolute atomic E-state index is 0.0471. The summed E-state index contributed by atoms with van der Waals surface area (Å²) in [6.45, 7) is 3.67. The average molecular weight is 340 g/mol. The second-order valence-corrected chi connectivity index (χ2v) is 6.58. The topological polar surface area (TPSA) is 62.7 Å². The summed E-state index contributed by atoms with van der Waals surface area (Å²) in [6, 6.07) is 11.1. The molecule has 25 heavy (non-hydrogen) atoms. The fourth-order valence-electron chi connectivity index (χ4n) is 3.24. The highest BCUT2D eigenvalue weighted by atomic mass is 16.5. The highest BCUT2D eigenvalue weighted by Gasteiger charge is 2.28. The molecular formula is C20H24N2O3. The number of likely N-dealkylation sites (tertiary alicyclic amines) is 1. The van der Waals surface area contributed by atoms with Crippen LogP contribution in [0.4, 0.5) is 0 Å². The Morgan fingerprint density at radius 2 is 2.00 bits per heavy atom. The number of hydrogen-bond acceptors (Lipinski definition) is 4. The Labute approximate surface area is 148 Å². The molecule has 1 N–H and O–H groups in total. The van der Waals surface area contributed by atoms with Crippen LogP contribution in [0.25, 0.3) is 0 Å². The van der Waals surface area contributed by atoms with Crippen LogP contribution in [0.15, 0.2) is 48.8 Å². The van der Waals surface area contributed by atoms with Crippen molar-refractivity contribution in [2.45, 2.75) is 19.8 Å². The predicted octanol–water partition coefficient (Wildman–Crippen LogP) is 3.35. The molecule has 1 fully saturated rings. The van der Waals surface area contributed by atoms with E-state index in [1.165, 1.54) is 0 Å². The molecule has 1 aliphatic rings. The van der Waals surface area contributed by atoms with E-state index in [9.17, 15) is 9.90 Å². The minimum atomic E-state index is -0.0471. The molecule has 1 atom stereocenters. The largest absolute Gasteiger partial charge is 0.456 e. The number of pyridine rings is 1. The van der Waals surface area contributed by atoms with E-state index in [1.807, 2.05) is 35.2 Å². The van der Waals surface area contributed by atoms with Crippen molar-refractivity contribution >= 4 is 5.91 Å². The summed E-state index contributed by atoms with van der Waals surface area (Å²) in [5.74, 6) is 1.93. The summed E-state index contributed by atoms with van der Waals surface area (Å²) in [5.41, 5.74) is 0.486. The van der Waals surface area contributed by atoms with Gasteiger partial charge in [-0.25, -0.2) is 0 Å². The number of para-hydroxylation sites is 1. The van der Waals surface area contributed by atoms with Gasteiger partial charge >= 0.3 is 0 Å². The van der Waals surface area contributed by atoms with Gasteiger partial charge in [-0.3, -0.25) is 9.78 Å². The molecule has 0 spiro atoms. The molecule has 5 nitrogen and oxygen atoms in total.